The van der Waals surface area contributed by atoms with Crippen LogP contribution in [0, 0.1) is 11.8 Å². The van der Waals surface area contributed by atoms with Gasteiger partial charge in [0, 0.05) is 47.2 Å². The highest BCUT2D eigenvalue weighted by Gasteiger charge is 2.43. The van der Waals surface area contributed by atoms with Gasteiger partial charge in [-0.2, -0.15) is 26.3 Å². The van der Waals surface area contributed by atoms with Crippen LogP contribution < -0.4 is 4.72 Å². The largest absolute Gasteiger partial charge is 0.417 e. The van der Waals surface area contributed by atoms with Crippen molar-refractivity contribution in [3.8, 4) is 11.3 Å². The van der Waals surface area contributed by atoms with Gasteiger partial charge < -0.3 is 9.88 Å². The molecule has 6 nitrogen and oxygen atoms in total. The van der Waals surface area contributed by atoms with Crippen LogP contribution in [0.15, 0.2) is 53.4 Å². The zero-order valence-electron chi connectivity index (χ0n) is 21.9. The Balaban J connectivity index is 1.24. The minimum atomic E-state index is -4.56. The molecular weight excluding hydrogens is 572 g/mol. The summed E-state index contributed by atoms with van der Waals surface area (Å²) in [5.74, 6) is -2.27. The number of aromatic amines is 1. The first-order chi connectivity index (χ1) is 19.2. The Hall–Kier alpha value is -3.06. The number of nitrogens with one attached hydrogen (secondary N) is 2. The number of piperidine rings is 1. The number of nitrogens with zero attached hydrogens (tertiary/aromatic N) is 1. The summed E-state index contributed by atoms with van der Waals surface area (Å²) in [6, 6.07) is 10.4. The maximum absolute atomic E-state index is 13.5. The zero-order chi connectivity index (χ0) is 29.6. The van der Waals surface area contributed by atoms with E-state index in [9.17, 15) is 39.6 Å². The normalized spacial score (nSPS) is 22.7. The van der Waals surface area contributed by atoms with E-state index in [1.54, 1.807) is 0 Å². The number of sulfonamides is 1. The average Bonchev–Trinajstić information content (AvgIpc) is 3.36. The van der Waals surface area contributed by atoms with Crippen molar-refractivity contribution in [1.29, 1.82) is 0 Å². The number of carbonyl (C=O) groups excluding carboxylic acids is 1. The summed E-state index contributed by atoms with van der Waals surface area (Å²) in [7, 11) is -3.99. The molecule has 1 amide bonds. The van der Waals surface area contributed by atoms with Crippen molar-refractivity contribution in [2.75, 3.05) is 13.1 Å². The lowest BCUT2D eigenvalue weighted by Crippen LogP contribution is -2.48. The Morgan fingerprint density at radius 2 is 1.63 bits per heavy atom. The van der Waals surface area contributed by atoms with Gasteiger partial charge in [0.1, 0.15) is 0 Å². The molecular formula is C28H29F6N3O3S. The predicted molar refractivity (Wildman–Crippen MR) is 140 cm³/mol. The molecule has 41 heavy (non-hydrogen) atoms. The van der Waals surface area contributed by atoms with Crippen molar-refractivity contribution in [3.05, 3.63) is 54.1 Å². The van der Waals surface area contributed by atoms with Crippen molar-refractivity contribution in [2.24, 2.45) is 11.8 Å². The molecule has 2 aliphatic rings. The standard InChI is InChI=1S/C28H29F6N3O3S/c29-27(30,31)19-4-3-13-37(16-19)26(38)17-7-10-20(11-8-17)36-41(39,40)21-12-9-18-14-25(35-24(18)15-21)22-5-1-2-6-23(22)28(32,33)34/h1-2,5-6,9,12,14-15,17,19-20,35-36H,3-4,7-8,10-11,13,16H2/t17-,19?,20-. The van der Waals surface area contributed by atoms with E-state index >= 15 is 0 Å². The number of aromatic nitrogens is 1. The molecule has 222 valence electrons. The Kier molecular flexibility index (Phi) is 7.88. The second kappa shape index (κ2) is 11.0. The van der Waals surface area contributed by atoms with E-state index in [2.05, 4.69) is 9.71 Å². The minimum absolute atomic E-state index is 0.0121. The molecule has 1 unspecified atom stereocenters. The molecule has 1 atom stereocenters. The van der Waals surface area contributed by atoms with Gasteiger partial charge in [0.15, 0.2) is 0 Å². The Morgan fingerprint density at radius 3 is 2.32 bits per heavy atom. The number of benzene rings is 2. The van der Waals surface area contributed by atoms with Gasteiger partial charge in [-0.05, 0) is 62.8 Å². The number of fused-ring (bicyclic) bond motifs is 1. The second-order valence-electron chi connectivity index (χ2n) is 10.8. The number of rotatable bonds is 5. The molecule has 2 heterocycles. The number of likely N-dealkylation sites (tertiary alicyclic amines) is 1. The van der Waals surface area contributed by atoms with E-state index in [0.29, 0.717) is 49.6 Å². The maximum atomic E-state index is 13.5. The first-order valence-electron chi connectivity index (χ1n) is 13.4. The van der Waals surface area contributed by atoms with Gasteiger partial charge in [0.25, 0.3) is 0 Å². The SMILES string of the molecule is O=C([C@H]1CC[C@H](NS(=O)(=O)c2ccc3cc(-c4ccccc4C(F)(F)F)[nH]c3c2)CC1)N1CCCC(C(F)(F)F)C1. The molecule has 13 heteroatoms. The number of alkyl halides is 6. The topological polar surface area (TPSA) is 82.3 Å². The number of carbonyl (C=O) groups is 1. The quantitative estimate of drug-likeness (QED) is 0.328. The molecule has 5 rings (SSSR count). The van der Waals surface area contributed by atoms with Gasteiger partial charge in [0.05, 0.1) is 16.4 Å². The van der Waals surface area contributed by atoms with Crippen LogP contribution in [0.2, 0.25) is 0 Å². The number of hydrogen-bond donors (Lipinski definition) is 2. The van der Waals surface area contributed by atoms with Gasteiger partial charge >= 0.3 is 12.4 Å². The van der Waals surface area contributed by atoms with E-state index in [4.69, 9.17) is 0 Å². The number of halogens is 6. The summed E-state index contributed by atoms with van der Waals surface area (Å²) in [4.78, 5) is 17.0. The fourth-order valence-corrected chi connectivity index (χ4v) is 7.16. The van der Waals surface area contributed by atoms with Gasteiger partial charge in [0.2, 0.25) is 15.9 Å². The molecule has 1 saturated carbocycles. The van der Waals surface area contributed by atoms with Crippen LogP contribution in [0.3, 0.4) is 0 Å². The second-order valence-corrected chi connectivity index (χ2v) is 12.5. The highest BCUT2D eigenvalue weighted by Crippen LogP contribution is 2.38. The van der Waals surface area contributed by atoms with Crippen molar-refractivity contribution in [3.63, 3.8) is 0 Å². The van der Waals surface area contributed by atoms with Gasteiger partial charge in [-0.3, -0.25) is 4.79 Å². The number of amides is 1. The summed E-state index contributed by atoms with van der Waals surface area (Å²) >= 11 is 0. The lowest BCUT2D eigenvalue weighted by molar-refractivity contribution is -0.188. The van der Waals surface area contributed by atoms with E-state index in [-0.39, 0.29) is 35.0 Å². The third-order valence-corrected chi connectivity index (χ3v) is 9.54. The van der Waals surface area contributed by atoms with Crippen LogP contribution in [0.5, 0.6) is 0 Å². The minimum Gasteiger partial charge on any atom is -0.354 e. The van der Waals surface area contributed by atoms with Crippen LogP contribution in [0.1, 0.15) is 44.1 Å². The smallest absolute Gasteiger partial charge is 0.354 e. The molecule has 0 spiro atoms. The lowest BCUT2D eigenvalue weighted by Gasteiger charge is -2.37. The summed E-state index contributed by atoms with van der Waals surface area (Å²) < 4.78 is 109. The van der Waals surface area contributed by atoms with Crippen molar-refractivity contribution < 1.29 is 39.6 Å². The van der Waals surface area contributed by atoms with Crippen molar-refractivity contribution >= 4 is 26.8 Å². The van der Waals surface area contributed by atoms with E-state index in [0.717, 1.165) is 6.07 Å². The Bertz CT molecular complexity index is 1520. The Morgan fingerprint density at radius 1 is 0.927 bits per heavy atom. The fourth-order valence-electron chi connectivity index (χ4n) is 5.83. The average molecular weight is 602 g/mol. The molecule has 3 aromatic rings. The highest BCUT2D eigenvalue weighted by atomic mass is 32.2. The summed E-state index contributed by atoms with van der Waals surface area (Å²) in [6.07, 6.45) is -7.16. The van der Waals surface area contributed by atoms with Gasteiger partial charge in [-0.25, -0.2) is 13.1 Å². The summed E-state index contributed by atoms with van der Waals surface area (Å²) in [5, 5.41) is 0.542. The molecule has 1 aromatic heterocycles. The van der Waals surface area contributed by atoms with Crippen molar-refractivity contribution in [2.45, 2.75) is 61.8 Å². The lowest BCUT2D eigenvalue weighted by atomic mass is 9.85. The third-order valence-electron chi connectivity index (χ3n) is 8.02. The summed E-state index contributed by atoms with van der Waals surface area (Å²) in [5.41, 5.74) is -0.305. The predicted octanol–water partition coefficient (Wildman–Crippen LogP) is 6.49. The molecule has 0 bridgehead atoms. The first-order valence-corrected chi connectivity index (χ1v) is 14.9. The molecule has 1 aliphatic heterocycles. The summed E-state index contributed by atoms with van der Waals surface area (Å²) in [6.45, 7) is -0.0394. The molecule has 0 radical (unpaired) electrons. The van der Waals surface area contributed by atoms with Crippen molar-refractivity contribution in [1.82, 2.24) is 14.6 Å². The van der Waals surface area contributed by atoms with Crippen LogP contribution in [0.25, 0.3) is 22.2 Å². The molecule has 2 N–H and O–H groups in total. The van der Waals surface area contributed by atoms with Crippen LogP contribution in [0.4, 0.5) is 26.3 Å². The molecule has 1 saturated heterocycles. The fraction of sp³-hybridized carbons (Fsp3) is 0.464. The highest BCUT2D eigenvalue weighted by molar-refractivity contribution is 7.89. The van der Waals surface area contributed by atoms with E-state index in [1.165, 1.54) is 47.4 Å². The Labute approximate surface area is 233 Å². The van der Waals surface area contributed by atoms with Gasteiger partial charge in [-0.1, -0.05) is 24.3 Å². The number of H-pyrrole nitrogens is 1. The maximum Gasteiger partial charge on any atom is 0.417 e. The van der Waals surface area contributed by atoms with E-state index in [1.807, 2.05) is 0 Å². The number of hydrogen-bond acceptors (Lipinski definition) is 3. The van der Waals surface area contributed by atoms with Gasteiger partial charge in [-0.15, -0.1) is 0 Å². The third kappa shape index (κ3) is 6.40. The monoisotopic (exact) mass is 601 g/mol. The molecule has 2 fully saturated rings. The molecule has 2 aromatic carbocycles. The molecule has 1 aliphatic carbocycles. The van der Waals surface area contributed by atoms with Crippen LogP contribution in [-0.2, 0) is 21.0 Å². The first kappa shape index (κ1) is 29.4. The van der Waals surface area contributed by atoms with Crippen LogP contribution >= 0.6 is 0 Å². The zero-order valence-corrected chi connectivity index (χ0v) is 22.7. The van der Waals surface area contributed by atoms with E-state index < -0.39 is 45.8 Å². The van der Waals surface area contributed by atoms with Crippen LogP contribution in [-0.4, -0.2) is 49.5 Å².